The Balaban J connectivity index is 0.00000102. The Morgan fingerprint density at radius 1 is 0.580 bits per heavy atom. The van der Waals surface area contributed by atoms with Gasteiger partial charge in [-0.25, -0.2) is 0 Å². The molecule has 0 saturated carbocycles. The van der Waals surface area contributed by atoms with Gasteiger partial charge in [0.25, 0.3) is 16.8 Å². The van der Waals surface area contributed by atoms with Gasteiger partial charge in [-0.05, 0) is 176 Å². The fourth-order valence-electron chi connectivity index (χ4n) is 9.17. The first-order chi connectivity index (χ1) is 41.8. The van der Waals surface area contributed by atoms with Gasteiger partial charge in [0.2, 0.25) is 5.82 Å². The second kappa shape index (κ2) is 51.2. The standard InChI is InChI=1S/C17H19N3O.C11H14N2O2.C11H16N2.C6H4ClNO.C6H4FNO2.C6H15N.C5H11N.CH2Cl2.CH4O.CH4.ClH/c21-17(14-8-10-18-11-9-14)19-15-6-2-3-7-16(15)20-12-4-1-5-13-20;14-13(15)11-7-3-2-6-10(11)12-8-4-1-5-9-12;12-10-6-2-3-7-11(10)13-8-4-1-5-9-13;7-6(9)5-1-3-8-4-2-5;7-5-3-1-2-4-6(5)8(9)10;1-4-7(5-2)6-3;1-2-4-6-5-3-1;2-1-3;1-2;;/h2-3,6-11H,1,4-5,12-13H2,(H,19,21);2-3,6-7H,1,4-5,8-9H2;2-3,6-7H,1,4-5,8-9,12H2;1-4H;1-4H;4-6H2,1-3H3;6H,1-5H2;1H2;2H,1H3;1H4;1H. The number of benzene rings is 4. The quantitative estimate of drug-likeness (QED) is 0.0311. The van der Waals surface area contributed by atoms with Gasteiger partial charge < -0.3 is 41.1 Å². The van der Waals surface area contributed by atoms with E-state index in [2.05, 4.69) is 79.2 Å². The molecule has 486 valence electrons. The van der Waals surface area contributed by atoms with Gasteiger partial charge in [-0.3, -0.25) is 39.8 Å². The molecule has 0 atom stereocenters. The molecule has 4 saturated heterocycles. The highest BCUT2D eigenvalue weighted by Gasteiger charge is 2.20. The van der Waals surface area contributed by atoms with Crippen molar-refractivity contribution in [2.45, 2.75) is 105 Å². The maximum Gasteiger partial charge on any atom is 0.304 e. The summed E-state index contributed by atoms with van der Waals surface area (Å²) >= 11 is 14.7. The molecule has 4 aromatic carbocycles. The fourth-order valence-corrected chi connectivity index (χ4v) is 9.30. The number of carbonyl (C=O) groups is 2. The molecular weight excluding hydrogens is 1210 g/mol. The first-order valence-electron chi connectivity index (χ1n) is 29.4. The molecule has 0 aliphatic carbocycles. The number of nitrogens with zero attached hydrogens (tertiary/aromatic N) is 8. The second-order valence-corrected chi connectivity index (χ2v) is 20.6. The van der Waals surface area contributed by atoms with Crippen LogP contribution in [0.3, 0.4) is 0 Å². The molecule has 18 nitrogen and oxygen atoms in total. The van der Waals surface area contributed by atoms with Gasteiger partial charge in [0.1, 0.15) is 5.69 Å². The zero-order valence-electron chi connectivity index (χ0n) is 50.8. The van der Waals surface area contributed by atoms with Crippen molar-refractivity contribution < 1.29 is 28.9 Å². The van der Waals surface area contributed by atoms with Crippen LogP contribution >= 0.6 is 47.2 Å². The molecule has 10 rings (SSSR count). The third-order valence-corrected chi connectivity index (χ3v) is 13.9. The number of pyridine rings is 2. The molecule has 0 unspecified atom stereocenters. The molecule has 4 aliphatic rings. The van der Waals surface area contributed by atoms with Gasteiger partial charge in [0.05, 0.1) is 37.9 Å². The van der Waals surface area contributed by atoms with Crippen molar-refractivity contribution in [1.29, 1.82) is 0 Å². The summed E-state index contributed by atoms with van der Waals surface area (Å²) in [6.07, 6.45) is 21.7. The molecule has 23 heteroatoms. The summed E-state index contributed by atoms with van der Waals surface area (Å²) in [5, 5.41) is 33.9. The average Bonchev–Trinajstić information content (AvgIpc) is 3.66. The topological polar surface area (TPSA) is 229 Å². The lowest BCUT2D eigenvalue weighted by Gasteiger charge is -2.30. The van der Waals surface area contributed by atoms with Crippen molar-refractivity contribution in [2.24, 2.45) is 0 Å². The number of nitrogen functional groups attached to an aromatic ring is 1. The van der Waals surface area contributed by atoms with Gasteiger partial charge in [-0.15, -0.1) is 35.6 Å². The molecule has 88 heavy (non-hydrogen) atoms. The number of para-hydroxylation sites is 7. The number of hydrogen-bond donors (Lipinski definition) is 4. The summed E-state index contributed by atoms with van der Waals surface area (Å²) in [5.74, 6) is -0.894. The maximum atomic E-state index is 12.4. The SMILES string of the molecule is C.C1CCNCC1.CCN(CC)CC.CO.Cl.ClCCl.Nc1ccccc1N1CCCCC1.O=C(Cl)c1ccncc1.O=C(Nc1ccccc1N1CCCCC1)c1ccncc1.O=[N+]([O-])c1ccccc1F.O=[N+]([O-])c1ccccc1N1CCCCC1. The van der Waals surface area contributed by atoms with E-state index in [1.165, 1.54) is 127 Å². The molecule has 1 amide bonds. The van der Waals surface area contributed by atoms with Crippen LogP contribution in [0.2, 0.25) is 0 Å². The Bertz CT molecular complexity index is 2740. The molecule has 6 aromatic rings. The molecule has 4 aliphatic heterocycles. The Labute approximate surface area is 543 Å². The highest BCUT2D eigenvalue weighted by atomic mass is 35.5. The number of halogens is 5. The fraction of sp³-hybridized carbons (Fsp3) is 0.446. The number of aliphatic hydroxyl groups is 1. The number of nitro benzene ring substituents is 2. The highest BCUT2D eigenvalue weighted by Crippen LogP contribution is 2.31. The third-order valence-electron chi connectivity index (χ3n) is 13.7. The van der Waals surface area contributed by atoms with E-state index in [9.17, 15) is 34.2 Å². The molecule has 0 radical (unpaired) electrons. The van der Waals surface area contributed by atoms with E-state index in [4.69, 9.17) is 45.6 Å². The Morgan fingerprint density at radius 2 is 0.943 bits per heavy atom. The Hall–Kier alpha value is -6.71. The predicted octanol–water partition coefficient (Wildman–Crippen LogP) is 15.6. The Kier molecular flexibility index (Phi) is 47.3. The monoisotopic (exact) mass is 1300 g/mol. The number of aliphatic hydroxyl groups excluding tert-OH is 1. The number of rotatable bonds is 11. The smallest absolute Gasteiger partial charge is 0.304 e. The number of aromatic nitrogens is 2. The molecular formula is C65H94Cl4FN11O7. The summed E-state index contributed by atoms with van der Waals surface area (Å²) in [5.41, 5.74) is 11.6. The molecule has 0 spiro atoms. The number of anilines is 5. The maximum absolute atomic E-state index is 12.4. The van der Waals surface area contributed by atoms with E-state index in [-0.39, 0.29) is 41.7 Å². The summed E-state index contributed by atoms with van der Waals surface area (Å²) in [6.45, 7) is 18.9. The first kappa shape index (κ1) is 81.3. The number of hydrogen-bond acceptors (Lipinski definition) is 15. The molecule has 6 heterocycles. The van der Waals surface area contributed by atoms with Crippen LogP contribution in [0.1, 0.15) is 126 Å². The van der Waals surface area contributed by atoms with Crippen molar-refractivity contribution >= 4 is 98.2 Å². The molecule has 4 fully saturated rings. The van der Waals surface area contributed by atoms with Crippen LogP contribution < -0.4 is 31.1 Å². The minimum absolute atomic E-state index is 0. The van der Waals surface area contributed by atoms with Crippen LogP contribution in [0.25, 0.3) is 0 Å². The minimum Gasteiger partial charge on any atom is -0.400 e. The van der Waals surface area contributed by atoms with E-state index in [0.717, 1.165) is 94.1 Å². The van der Waals surface area contributed by atoms with Gasteiger partial charge in [-0.1, -0.05) is 83.1 Å². The number of nitrogens with one attached hydrogen (secondary N) is 2. The van der Waals surface area contributed by atoms with E-state index >= 15 is 0 Å². The van der Waals surface area contributed by atoms with Crippen molar-refractivity contribution in [1.82, 2.24) is 20.2 Å². The first-order valence-corrected chi connectivity index (χ1v) is 30.9. The second-order valence-electron chi connectivity index (χ2n) is 19.4. The number of alkyl halides is 2. The predicted molar refractivity (Wildman–Crippen MR) is 367 cm³/mol. The van der Waals surface area contributed by atoms with Crippen LogP contribution in [-0.4, -0.2) is 125 Å². The summed E-state index contributed by atoms with van der Waals surface area (Å²) in [7, 11) is 1.00. The average molecular weight is 1300 g/mol. The van der Waals surface area contributed by atoms with Gasteiger partial charge >= 0.3 is 5.69 Å². The Morgan fingerprint density at radius 3 is 1.31 bits per heavy atom. The lowest BCUT2D eigenvalue weighted by atomic mass is 10.1. The lowest BCUT2D eigenvalue weighted by molar-refractivity contribution is -0.387. The van der Waals surface area contributed by atoms with Gasteiger partial charge in [-0.2, -0.15) is 4.39 Å². The third kappa shape index (κ3) is 33.0. The number of piperidine rings is 4. The van der Waals surface area contributed by atoms with Crippen LogP contribution in [0, 0.1) is 26.0 Å². The van der Waals surface area contributed by atoms with Crippen molar-refractivity contribution in [2.75, 3.05) is 110 Å². The minimum atomic E-state index is -0.799. The summed E-state index contributed by atoms with van der Waals surface area (Å²) in [6, 6.07) is 34.7. The van der Waals surface area contributed by atoms with Crippen LogP contribution in [0.4, 0.5) is 44.2 Å². The highest BCUT2D eigenvalue weighted by molar-refractivity contribution is 6.67. The lowest BCUT2D eigenvalue weighted by Crippen LogP contribution is -2.30. The van der Waals surface area contributed by atoms with Gasteiger partial charge in [0.15, 0.2) is 0 Å². The van der Waals surface area contributed by atoms with Crippen molar-refractivity contribution in [3.05, 3.63) is 183 Å². The van der Waals surface area contributed by atoms with Crippen molar-refractivity contribution in [3.8, 4) is 0 Å². The normalized spacial score (nSPS) is 13.6. The summed E-state index contributed by atoms with van der Waals surface area (Å²) in [4.78, 5) is 59.3. The number of nitrogens with two attached hydrogens (primary N) is 1. The van der Waals surface area contributed by atoms with E-state index in [0.29, 0.717) is 11.1 Å². The molecule has 2 aromatic heterocycles. The van der Waals surface area contributed by atoms with E-state index in [1.54, 1.807) is 48.8 Å². The zero-order valence-corrected chi connectivity index (χ0v) is 53.9. The van der Waals surface area contributed by atoms with Gasteiger partial charge in [0, 0.05) is 94.4 Å². The largest absolute Gasteiger partial charge is 0.400 e. The van der Waals surface area contributed by atoms with Crippen molar-refractivity contribution in [3.63, 3.8) is 0 Å². The van der Waals surface area contributed by atoms with Crippen LogP contribution in [-0.2, 0) is 0 Å². The molecule has 5 N–H and O–H groups in total. The number of carbonyl (C=O) groups excluding carboxylic acids is 2. The number of amides is 1. The molecule has 0 bridgehead atoms. The van der Waals surface area contributed by atoms with E-state index < -0.39 is 21.7 Å². The van der Waals surface area contributed by atoms with Crippen LogP contribution in [0.5, 0.6) is 0 Å². The van der Waals surface area contributed by atoms with Crippen LogP contribution in [0.15, 0.2) is 146 Å². The number of nitro groups is 2. The van der Waals surface area contributed by atoms with E-state index in [1.807, 2.05) is 42.5 Å². The zero-order chi connectivity index (χ0) is 63.2. The summed E-state index contributed by atoms with van der Waals surface area (Å²) < 4.78 is 12.4.